The lowest BCUT2D eigenvalue weighted by Crippen LogP contribution is -2.30. The average Bonchev–Trinajstić information content (AvgIpc) is 0.940. The predicted octanol–water partition coefficient (Wildman–Crippen LogP) is 21.9. The second-order valence-corrected chi connectivity index (χ2v) is 27.7. The Labute approximate surface area is 605 Å². The van der Waals surface area contributed by atoms with Gasteiger partial charge in [0.25, 0.3) is 0 Å². The monoisotopic (exact) mass is 1440 g/mol. The van der Waals surface area contributed by atoms with Crippen molar-refractivity contribution in [3.05, 3.63) is 146 Å². The number of unbranched alkanes of at least 4 members (excludes halogenated alkanes) is 20. The van der Waals surface area contributed by atoms with Crippen LogP contribution in [-0.4, -0.2) is 96.7 Å². The van der Waals surface area contributed by atoms with Gasteiger partial charge in [0.05, 0.1) is 26.4 Å². The van der Waals surface area contributed by atoms with Gasteiger partial charge in [0, 0.05) is 25.7 Å². The molecule has 0 radical (unpaired) electrons. The van der Waals surface area contributed by atoms with Crippen molar-refractivity contribution in [1.29, 1.82) is 0 Å². The van der Waals surface area contributed by atoms with Crippen LogP contribution in [0.15, 0.2) is 146 Å². The number of carbonyl (C=O) groups excluding carboxylic acids is 4. The number of aliphatic hydroxyl groups excluding tert-OH is 1. The van der Waals surface area contributed by atoms with Gasteiger partial charge in [-0.2, -0.15) is 0 Å². The molecule has 0 fully saturated rings. The lowest BCUT2D eigenvalue weighted by molar-refractivity contribution is -0.161. The normalized spacial score (nSPS) is 14.8. The predicted molar refractivity (Wildman–Crippen MR) is 408 cm³/mol. The van der Waals surface area contributed by atoms with Crippen LogP contribution in [-0.2, 0) is 65.4 Å². The van der Waals surface area contributed by atoms with E-state index >= 15 is 0 Å². The standard InChI is InChI=1S/C81H134O17P2/c1-5-9-13-17-21-25-29-32-34-36-37-39-41-44-47-50-54-58-62-66-79(84)92-72-77(98-81(86)68-64-60-56-52-48-42-31-27-23-19-15-11-7-3)74-96-100(89,90)94-70-75(82)69-93-99(87,88)95-73-76(97-80(85)67-63-59-55-51-45-28-24-20-16-12-8-4)71-91-78(83)65-61-57-53-49-46-43-40-38-35-33-30-26-22-18-14-10-6-2/h9-10,13-15,19-22,24-27,31-35,37,39,44,47,54,58,75-77,82H,5-8,11-12,16-18,23,28-30,36,38,40-43,45-46,48-53,55-57,59-74H2,1-4H3,(H,87,88)(H,89,90)/b13-9-,14-10-,19-15-,24-20-,25-21-,26-22-,31-27-,34-32-,35-33-,39-37-,47-44-,58-54-. The summed E-state index contributed by atoms with van der Waals surface area (Å²) >= 11 is 0. The molecule has 0 saturated heterocycles. The summed E-state index contributed by atoms with van der Waals surface area (Å²) in [6.45, 7) is 4.40. The van der Waals surface area contributed by atoms with E-state index in [2.05, 4.69) is 155 Å². The molecule has 5 unspecified atom stereocenters. The number of esters is 4. The number of phosphoric acid groups is 2. The number of phosphoric ester groups is 2. The number of rotatable bonds is 70. The summed E-state index contributed by atoms with van der Waals surface area (Å²) in [5, 5.41) is 10.6. The minimum absolute atomic E-state index is 0.0292. The van der Waals surface area contributed by atoms with E-state index in [1.807, 2.05) is 18.2 Å². The summed E-state index contributed by atoms with van der Waals surface area (Å²) in [5.74, 6) is -2.32. The molecule has 0 aromatic rings. The molecular formula is C81H134O17P2. The van der Waals surface area contributed by atoms with Gasteiger partial charge in [-0.15, -0.1) is 0 Å². The first-order valence-corrected chi connectivity index (χ1v) is 41.1. The maximum Gasteiger partial charge on any atom is 0.472 e. The smallest absolute Gasteiger partial charge is 0.462 e. The molecule has 0 aliphatic carbocycles. The van der Waals surface area contributed by atoms with E-state index in [0.717, 1.165) is 186 Å². The van der Waals surface area contributed by atoms with Crippen LogP contribution in [0.3, 0.4) is 0 Å². The molecule has 0 aromatic carbocycles. The number of allylic oxidation sites excluding steroid dienone is 24. The van der Waals surface area contributed by atoms with Crippen LogP contribution in [0, 0.1) is 0 Å². The van der Waals surface area contributed by atoms with Crippen LogP contribution in [0.1, 0.15) is 285 Å². The van der Waals surface area contributed by atoms with E-state index in [0.29, 0.717) is 32.1 Å². The van der Waals surface area contributed by atoms with Crippen molar-refractivity contribution in [2.45, 2.75) is 303 Å². The average molecular weight is 1440 g/mol. The van der Waals surface area contributed by atoms with Crippen LogP contribution in [0.2, 0.25) is 0 Å². The molecule has 5 atom stereocenters. The molecule has 0 amide bonds. The molecule has 0 spiro atoms. The molecule has 0 aliphatic rings. The highest BCUT2D eigenvalue weighted by atomic mass is 31.2. The van der Waals surface area contributed by atoms with E-state index in [-0.39, 0.29) is 25.7 Å². The lowest BCUT2D eigenvalue weighted by Gasteiger charge is -2.21. The second kappa shape index (κ2) is 72.3. The zero-order chi connectivity index (χ0) is 73.2. The summed E-state index contributed by atoms with van der Waals surface area (Å²) < 4.78 is 68.3. The highest BCUT2D eigenvalue weighted by Gasteiger charge is 2.30. The Balaban J connectivity index is 5.39. The Bertz CT molecular complexity index is 2470. The van der Waals surface area contributed by atoms with E-state index in [1.54, 1.807) is 0 Å². The third kappa shape index (κ3) is 71.3. The van der Waals surface area contributed by atoms with Gasteiger partial charge in [-0.1, -0.05) is 263 Å². The van der Waals surface area contributed by atoms with Crippen molar-refractivity contribution in [3.63, 3.8) is 0 Å². The Morgan fingerprint density at radius 2 is 0.560 bits per heavy atom. The van der Waals surface area contributed by atoms with Crippen molar-refractivity contribution in [2.75, 3.05) is 39.6 Å². The largest absolute Gasteiger partial charge is 0.472 e. The molecule has 100 heavy (non-hydrogen) atoms. The quantitative estimate of drug-likeness (QED) is 0.0169. The summed E-state index contributed by atoms with van der Waals surface area (Å²) in [6.07, 6.45) is 81.5. The van der Waals surface area contributed by atoms with Crippen molar-refractivity contribution in [2.24, 2.45) is 0 Å². The van der Waals surface area contributed by atoms with Crippen molar-refractivity contribution < 1.29 is 80.2 Å². The Kier molecular flexibility index (Phi) is 68.6. The molecule has 17 nitrogen and oxygen atoms in total. The van der Waals surface area contributed by atoms with Gasteiger partial charge in [-0.05, 0) is 141 Å². The van der Waals surface area contributed by atoms with Crippen molar-refractivity contribution >= 4 is 39.5 Å². The minimum atomic E-state index is -5.00. The van der Waals surface area contributed by atoms with Crippen molar-refractivity contribution in [3.8, 4) is 0 Å². The fourth-order valence-corrected chi connectivity index (χ4v) is 11.1. The van der Waals surface area contributed by atoms with Gasteiger partial charge in [0.2, 0.25) is 0 Å². The van der Waals surface area contributed by atoms with E-state index < -0.39 is 97.5 Å². The third-order valence-electron chi connectivity index (χ3n) is 15.3. The van der Waals surface area contributed by atoms with Gasteiger partial charge < -0.3 is 33.8 Å². The lowest BCUT2D eigenvalue weighted by atomic mass is 10.1. The van der Waals surface area contributed by atoms with Gasteiger partial charge in [-0.25, -0.2) is 9.13 Å². The summed E-state index contributed by atoms with van der Waals surface area (Å²) in [4.78, 5) is 72.8. The molecule has 19 heteroatoms. The Morgan fingerprint density at radius 3 is 0.910 bits per heavy atom. The van der Waals surface area contributed by atoms with E-state index in [9.17, 15) is 43.2 Å². The summed E-state index contributed by atoms with van der Waals surface area (Å²) in [7, 11) is -9.98. The fraction of sp³-hybridized carbons (Fsp3) is 0.654. The van der Waals surface area contributed by atoms with E-state index in [4.69, 9.17) is 37.0 Å². The minimum Gasteiger partial charge on any atom is -0.462 e. The summed E-state index contributed by atoms with van der Waals surface area (Å²) in [6, 6.07) is 0. The Morgan fingerprint density at radius 1 is 0.290 bits per heavy atom. The first-order chi connectivity index (χ1) is 48.7. The van der Waals surface area contributed by atoms with Gasteiger partial charge in [0.1, 0.15) is 19.3 Å². The van der Waals surface area contributed by atoms with Crippen LogP contribution in [0.25, 0.3) is 0 Å². The topological polar surface area (TPSA) is 237 Å². The van der Waals surface area contributed by atoms with Gasteiger partial charge in [-0.3, -0.25) is 37.3 Å². The van der Waals surface area contributed by atoms with Gasteiger partial charge >= 0.3 is 39.5 Å². The molecule has 0 bridgehead atoms. The number of carbonyl (C=O) groups is 4. The molecule has 0 rings (SSSR count). The highest BCUT2D eigenvalue weighted by molar-refractivity contribution is 7.47. The van der Waals surface area contributed by atoms with Crippen LogP contribution in [0.4, 0.5) is 0 Å². The molecule has 0 aliphatic heterocycles. The Hall–Kier alpha value is -5.06. The second-order valence-electron chi connectivity index (χ2n) is 24.8. The highest BCUT2D eigenvalue weighted by Crippen LogP contribution is 2.45. The maximum absolute atomic E-state index is 13.1. The first kappa shape index (κ1) is 94.9. The van der Waals surface area contributed by atoms with E-state index in [1.165, 1.54) is 12.8 Å². The fourth-order valence-electron chi connectivity index (χ4n) is 9.51. The number of hydrogen-bond acceptors (Lipinski definition) is 15. The maximum atomic E-state index is 13.1. The zero-order valence-electron chi connectivity index (χ0n) is 62.1. The van der Waals surface area contributed by atoms with Gasteiger partial charge in [0.15, 0.2) is 12.2 Å². The molecule has 0 aromatic heterocycles. The number of aliphatic hydroxyl groups is 1. The number of hydrogen-bond donors (Lipinski definition) is 3. The first-order valence-electron chi connectivity index (χ1n) is 38.1. The SMILES string of the molecule is CC/C=C\C/C=C\C/C=C\C/C=C\C/C=C\C/C=C\CCC(=O)OCC(COP(=O)(O)OCC(O)COP(=O)(O)OCC(COC(=O)CCCCCCCCC/C=C\C/C=C\C/C=C\CC)OC(=O)CCCCCCC/C=C\CCCC)OC(=O)CCCCCCC/C=C\C/C=C\CCC. The van der Waals surface area contributed by atoms with Crippen LogP contribution < -0.4 is 0 Å². The molecule has 0 heterocycles. The molecule has 0 saturated carbocycles. The zero-order valence-corrected chi connectivity index (χ0v) is 63.9. The summed E-state index contributed by atoms with van der Waals surface area (Å²) in [5.41, 5.74) is 0. The van der Waals surface area contributed by atoms with Crippen LogP contribution >= 0.6 is 15.6 Å². The molecule has 570 valence electrons. The van der Waals surface area contributed by atoms with Crippen LogP contribution in [0.5, 0.6) is 0 Å². The molecule has 3 N–H and O–H groups in total. The van der Waals surface area contributed by atoms with Crippen molar-refractivity contribution in [1.82, 2.24) is 0 Å². The number of ether oxygens (including phenoxy) is 4. The third-order valence-corrected chi connectivity index (χ3v) is 17.2. The molecular weight excluding hydrogens is 1310 g/mol.